The lowest BCUT2D eigenvalue weighted by molar-refractivity contribution is -0.141. The van der Waals surface area contributed by atoms with Crippen LogP contribution >= 0.6 is 11.6 Å². The zero-order chi connectivity index (χ0) is 27.9. The van der Waals surface area contributed by atoms with E-state index in [2.05, 4.69) is 20.2 Å². The smallest absolute Gasteiger partial charge is 0.357 e. The molecule has 2 N–H and O–H groups in total. The topological polar surface area (TPSA) is 99.7 Å². The summed E-state index contributed by atoms with van der Waals surface area (Å²) in [5, 5.41) is 9.56. The maximum atomic E-state index is 15.1. The number of rotatable bonds is 5. The van der Waals surface area contributed by atoms with Crippen molar-refractivity contribution >= 4 is 29.3 Å². The summed E-state index contributed by atoms with van der Waals surface area (Å²) in [5.74, 6) is -6.14. The second-order valence-corrected chi connectivity index (χ2v) is 6.17. The fourth-order valence-electron chi connectivity index (χ4n) is 2.57. The van der Waals surface area contributed by atoms with Crippen LogP contribution in [0.4, 0.5) is 33.7 Å². The summed E-state index contributed by atoms with van der Waals surface area (Å²) in [4.78, 5) is 20.4. The van der Waals surface area contributed by atoms with Gasteiger partial charge in [0.25, 0.3) is 0 Å². The normalized spacial score (nSPS) is 16.2. The van der Waals surface area contributed by atoms with Gasteiger partial charge in [-0.3, -0.25) is 9.69 Å². The van der Waals surface area contributed by atoms with Gasteiger partial charge in [0.1, 0.15) is 22.6 Å². The quantitative estimate of drug-likeness (QED) is 0.440. The molecule has 1 unspecified atom stereocenters. The summed E-state index contributed by atoms with van der Waals surface area (Å²) in [6, 6.07) is -0.884. The number of benzene rings is 1. The molecule has 0 radical (unpaired) electrons. The van der Waals surface area contributed by atoms with Gasteiger partial charge in [-0.15, -0.1) is 5.10 Å². The molecular weight excluding hydrogens is 449 g/mol. The molecule has 1 amide bonds. The molecule has 0 saturated heterocycles. The largest absolute Gasteiger partial charge is 0.433 e. The van der Waals surface area contributed by atoms with E-state index < -0.39 is 77.3 Å². The van der Waals surface area contributed by atoms with Crippen molar-refractivity contribution in [2.45, 2.75) is 19.1 Å². The minimum atomic E-state index is -5.21. The van der Waals surface area contributed by atoms with Gasteiger partial charge in [-0.2, -0.15) is 23.5 Å². The van der Waals surface area contributed by atoms with Gasteiger partial charge in [-0.05, 0) is 19.0 Å². The maximum absolute atomic E-state index is 15.1. The monoisotopic (exact) mass is 467 g/mol. The molecule has 3 aromatic rings. The Morgan fingerprint density at radius 2 is 2.10 bits per heavy atom. The fourth-order valence-corrected chi connectivity index (χ4v) is 2.74. The Bertz CT molecular complexity index is 1270. The zero-order valence-electron chi connectivity index (χ0n) is 20.8. The number of anilines is 2. The third kappa shape index (κ3) is 4.40. The molecule has 0 aliphatic heterocycles. The first-order chi connectivity index (χ1) is 16.9. The summed E-state index contributed by atoms with van der Waals surface area (Å²) in [6.07, 6.45) is -4.40. The standard InChI is InChI=1S/C17H13ClF5N7O/c1-7-5-10(17(21,22)23)27-16(26-7)30(11-6-25-29-28-11)14(15(31)24-2)8-3-4-9(19)12(18)13(8)20/h3-6,14H,1-2H3,(H,24,31)(H,25,28,29)/i1D3,2D3. The van der Waals surface area contributed by atoms with E-state index in [0.29, 0.717) is 17.0 Å². The zero-order valence-corrected chi connectivity index (χ0v) is 15.6. The number of aryl methyl sites for hydroxylation is 1. The van der Waals surface area contributed by atoms with E-state index in [1.807, 2.05) is 5.21 Å². The van der Waals surface area contributed by atoms with E-state index in [1.54, 1.807) is 5.32 Å². The number of halogens is 6. The second kappa shape index (κ2) is 8.41. The molecule has 0 aliphatic carbocycles. The average Bonchev–Trinajstić information content (AvgIpc) is 3.28. The molecule has 3 rings (SSSR count). The van der Waals surface area contributed by atoms with Gasteiger partial charge in [0.05, 0.1) is 6.20 Å². The van der Waals surface area contributed by atoms with Crippen LogP contribution in [0.1, 0.15) is 31.2 Å². The van der Waals surface area contributed by atoms with Crippen molar-refractivity contribution in [2.24, 2.45) is 0 Å². The molecule has 1 aromatic carbocycles. The number of hydrogen-bond acceptors (Lipinski definition) is 6. The van der Waals surface area contributed by atoms with Crippen molar-refractivity contribution in [1.82, 2.24) is 30.7 Å². The van der Waals surface area contributed by atoms with Crippen LogP contribution in [0.2, 0.25) is 5.02 Å². The Morgan fingerprint density at radius 1 is 1.32 bits per heavy atom. The average molecular weight is 468 g/mol. The van der Waals surface area contributed by atoms with Crippen LogP contribution < -0.4 is 10.2 Å². The minimum absolute atomic E-state index is 0.143. The third-order valence-electron chi connectivity index (χ3n) is 3.86. The Labute approximate surface area is 184 Å². The van der Waals surface area contributed by atoms with Crippen molar-refractivity contribution in [3.8, 4) is 0 Å². The van der Waals surface area contributed by atoms with Gasteiger partial charge in [0, 0.05) is 26.5 Å². The number of aromatic nitrogens is 5. The van der Waals surface area contributed by atoms with Gasteiger partial charge < -0.3 is 5.32 Å². The minimum Gasteiger partial charge on any atom is -0.357 e. The SMILES string of the molecule is [2H]C([2H])([2H])NC(=O)C(c1ccc(F)c(Cl)c1F)N(c1cn[nH]n1)c1nc(C([2H])([2H])[2H])cc(C(F)(F)F)n1. The highest BCUT2D eigenvalue weighted by Gasteiger charge is 2.38. The molecule has 0 saturated carbocycles. The highest BCUT2D eigenvalue weighted by molar-refractivity contribution is 6.31. The van der Waals surface area contributed by atoms with Gasteiger partial charge in [-0.1, -0.05) is 17.7 Å². The second-order valence-electron chi connectivity index (χ2n) is 5.79. The predicted octanol–water partition coefficient (Wildman–Crippen LogP) is 3.48. The first kappa shape index (κ1) is 15.5. The van der Waals surface area contributed by atoms with Gasteiger partial charge in [-0.25, -0.2) is 18.7 Å². The molecule has 0 fully saturated rings. The van der Waals surface area contributed by atoms with Gasteiger partial charge >= 0.3 is 6.18 Å². The summed E-state index contributed by atoms with van der Waals surface area (Å²) >= 11 is 5.61. The van der Waals surface area contributed by atoms with E-state index in [4.69, 9.17) is 19.8 Å². The molecule has 0 aliphatic rings. The lowest BCUT2D eigenvalue weighted by Gasteiger charge is -2.29. The van der Waals surface area contributed by atoms with Crippen LogP contribution in [0.5, 0.6) is 0 Å². The van der Waals surface area contributed by atoms with E-state index in [1.165, 1.54) is 0 Å². The van der Waals surface area contributed by atoms with Crippen LogP contribution in [0.3, 0.4) is 0 Å². The van der Waals surface area contributed by atoms with Crippen molar-refractivity contribution < 1.29 is 35.0 Å². The number of nitrogens with one attached hydrogen (secondary N) is 2. The van der Waals surface area contributed by atoms with Crippen LogP contribution in [0.25, 0.3) is 0 Å². The van der Waals surface area contributed by atoms with E-state index in [0.717, 1.165) is 6.20 Å². The van der Waals surface area contributed by atoms with Gasteiger partial charge in [0.15, 0.2) is 11.6 Å². The predicted molar refractivity (Wildman–Crippen MR) is 98.5 cm³/mol. The Hall–Kier alpha value is -3.35. The molecule has 0 spiro atoms. The number of carbonyl (C=O) groups is 1. The number of hydrogen-bond donors (Lipinski definition) is 2. The number of H-pyrrole nitrogens is 1. The highest BCUT2D eigenvalue weighted by Crippen LogP contribution is 2.37. The highest BCUT2D eigenvalue weighted by atomic mass is 35.5. The number of amides is 1. The molecule has 164 valence electrons. The lowest BCUT2D eigenvalue weighted by Crippen LogP contribution is -2.39. The molecular formula is C17H13ClF5N7O. The molecule has 2 aromatic heterocycles. The summed E-state index contributed by atoms with van der Waals surface area (Å²) in [5.41, 5.74) is -3.72. The summed E-state index contributed by atoms with van der Waals surface area (Å²) < 4.78 is 114. The number of alkyl halides is 3. The Kier molecular flexibility index (Phi) is 4.19. The fraction of sp³-hybridized carbons (Fsp3) is 0.235. The Morgan fingerprint density at radius 3 is 2.71 bits per heavy atom. The van der Waals surface area contributed by atoms with Crippen LogP contribution in [-0.2, 0) is 11.0 Å². The first-order valence-corrected chi connectivity index (χ1v) is 8.35. The summed E-state index contributed by atoms with van der Waals surface area (Å²) in [6.45, 7) is -6.41. The van der Waals surface area contributed by atoms with Crippen molar-refractivity contribution in [2.75, 3.05) is 11.9 Å². The number of aromatic amines is 1. The van der Waals surface area contributed by atoms with E-state index >= 15 is 4.39 Å². The van der Waals surface area contributed by atoms with Crippen LogP contribution in [-0.4, -0.2) is 38.3 Å². The maximum Gasteiger partial charge on any atom is 0.433 e. The molecule has 8 nitrogen and oxygen atoms in total. The molecule has 31 heavy (non-hydrogen) atoms. The number of nitrogens with zero attached hydrogens (tertiary/aromatic N) is 5. The molecule has 0 bridgehead atoms. The van der Waals surface area contributed by atoms with Crippen LogP contribution in [0.15, 0.2) is 24.4 Å². The molecule has 1 atom stereocenters. The Balaban J connectivity index is 2.39. The van der Waals surface area contributed by atoms with Gasteiger partial charge in [0.2, 0.25) is 11.9 Å². The summed E-state index contributed by atoms with van der Waals surface area (Å²) in [7, 11) is 0. The van der Waals surface area contributed by atoms with E-state index in [9.17, 15) is 22.4 Å². The molecule has 14 heteroatoms. The van der Waals surface area contributed by atoms with Crippen LogP contribution in [0, 0.1) is 18.5 Å². The molecule has 2 heterocycles. The third-order valence-corrected chi connectivity index (χ3v) is 4.21. The van der Waals surface area contributed by atoms with Crippen molar-refractivity contribution in [3.63, 3.8) is 0 Å². The number of carbonyl (C=O) groups excluding carboxylic acids is 1. The number of likely N-dealkylation sites (N-methyl/N-ethyl adjacent to an activating group) is 1. The van der Waals surface area contributed by atoms with Crippen molar-refractivity contribution in [1.29, 1.82) is 0 Å². The first-order valence-electron chi connectivity index (χ1n) is 11.0. The lowest BCUT2D eigenvalue weighted by atomic mass is 10.0. The van der Waals surface area contributed by atoms with Crippen molar-refractivity contribution in [3.05, 3.63) is 58.0 Å². The van der Waals surface area contributed by atoms with E-state index in [-0.39, 0.29) is 6.07 Å².